The third-order valence-corrected chi connectivity index (χ3v) is 3.81. The molecule has 1 unspecified atom stereocenters. The number of nitrogens with zero attached hydrogens (tertiary/aromatic N) is 2. The van der Waals surface area contributed by atoms with Crippen LogP contribution in [0.25, 0.3) is 0 Å². The summed E-state index contributed by atoms with van der Waals surface area (Å²) in [5.41, 5.74) is 8.24. The van der Waals surface area contributed by atoms with E-state index in [1.165, 1.54) is 32.0 Å². The lowest BCUT2D eigenvalue weighted by atomic mass is 9.97. The van der Waals surface area contributed by atoms with Gasteiger partial charge in [0, 0.05) is 19.7 Å². The molecule has 0 radical (unpaired) electrons. The van der Waals surface area contributed by atoms with Gasteiger partial charge in [-0.25, -0.2) is 9.97 Å². The Kier molecular flexibility index (Phi) is 6.45. The van der Waals surface area contributed by atoms with E-state index in [4.69, 9.17) is 10.5 Å². The van der Waals surface area contributed by atoms with E-state index in [1.807, 2.05) is 6.92 Å². The molecule has 4 N–H and O–H groups in total. The Balaban J connectivity index is 1.89. The van der Waals surface area contributed by atoms with Crippen LogP contribution in [-0.4, -0.2) is 36.3 Å². The maximum atomic E-state index is 6.14. The summed E-state index contributed by atoms with van der Waals surface area (Å²) in [5.74, 6) is 1.34. The zero-order chi connectivity index (χ0) is 15.8. The second-order valence-corrected chi connectivity index (χ2v) is 5.77. The summed E-state index contributed by atoms with van der Waals surface area (Å²) < 4.78 is 5.11. The number of methoxy groups -OCH3 is 1. The average Bonchev–Trinajstić information content (AvgIpc) is 2.52. The van der Waals surface area contributed by atoms with E-state index >= 15 is 0 Å². The molecule has 1 aliphatic carbocycles. The zero-order valence-electron chi connectivity index (χ0n) is 13.6. The summed E-state index contributed by atoms with van der Waals surface area (Å²) in [7, 11) is 1.68. The Hall–Kier alpha value is -1.82. The van der Waals surface area contributed by atoms with Gasteiger partial charge in [-0.3, -0.25) is 0 Å². The fourth-order valence-electron chi connectivity index (χ4n) is 2.65. The number of rotatable bonds is 8. The molecule has 0 saturated heterocycles. The molecule has 1 aromatic rings. The van der Waals surface area contributed by atoms with Crippen molar-refractivity contribution in [1.29, 1.82) is 0 Å². The first kappa shape index (κ1) is 16.5. The second-order valence-electron chi connectivity index (χ2n) is 5.77. The number of allylic oxidation sites excluding steroid dienone is 1. The molecule has 0 bridgehead atoms. The van der Waals surface area contributed by atoms with E-state index in [0.29, 0.717) is 23.9 Å². The van der Waals surface area contributed by atoms with Crippen molar-refractivity contribution in [3.8, 4) is 0 Å². The number of nitrogens with two attached hydrogens (primary N) is 1. The first-order valence-corrected chi connectivity index (χ1v) is 7.98. The molecule has 1 aliphatic rings. The van der Waals surface area contributed by atoms with E-state index in [0.717, 1.165) is 13.0 Å². The monoisotopic (exact) mass is 305 g/mol. The van der Waals surface area contributed by atoms with Gasteiger partial charge in [-0.1, -0.05) is 11.6 Å². The maximum Gasteiger partial charge on any atom is 0.155 e. The van der Waals surface area contributed by atoms with Crippen LogP contribution in [0.1, 0.15) is 39.0 Å². The van der Waals surface area contributed by atoms with Gasteiger partial charge in [0.25, 0.3) is 0 Å². The highest BCUT2D eigenvalue weighted by molar-refractivity contribution is 5.74. The minimum Gasteiger partial charge on any atom is -0.393 e. The van der Waals surface area contributed by atoms with Gasteiger partial charge in [0.15, 0.2) is 11.6 Å². The number of anilines is 3. The molecular weight excluding hydrogens is 278 g/mol. The number of hydrogen-bond acceptors (Lipinski definition) is 6. The highest BCUT2D eigenvalue weighted by atomic mass is 16.5. The van der Waals surface area contributed by atoms with Crippen LogP contribution in [0.5, 0.6) is 0 Å². The lowest BCUT2D eigenvalue weighted by Gasteiger charge is -2.17. The van der Waals surface area contributed by atoms with Crippen LogP contribution in [0.3, 0.4) is 0 Å². The highest BCUT2D eigenvalue weighted by Gasteiger charge is 2.11. The van der Waals surface area contributed by atoms with Crippen LogP contribution >= 0.6 is 0 Å². The number of nitrogens with one attached hydrogen (secondary N) is 2. The Morgan fingerprint density at radius 3 is 2.86 bits per heavy atom. The largest absolute Gasteiger partial charge is 0.393 e. The average molecular weight is 305 g/mol. The van der Waals surface area contributed by atoms with Gasteiger partial charge in [-0.05, 0) is 39.0 Å². The Morgan fingerprint density at radius 2 is 2.14 bits per heavy atom. The van der Waals surface area contributed by atoms with Crippen molar-refractivity contribution in [3.05, 3.63) is 18.0 Å². The number of aromatic nitrogens is 2. The quantitative estimate of drug-likeness (QED) is 0.640. The minimum atomic E-state index is 0.141. The van der Waals surface area contributed by atoms with E-state index in [9.17, 15) is 0 Å². The molecule has 0 fully saturated rings. The molecule has 2 rings (SSSR count). The van der Waals surface area contributed by atoms with Gasteiger partial charge in [-0.2, -0.15) is 0 Å². The smallest absolute Gasteiger partial charge is 0.155 e. The molecule has 1 heterocycles. The molecule has 22 heavy (non-hydrogen) atoms. The molecule has 6 heteroatoms. The normalized spacial score (nSPS) is 16.0. The number of ether oxygens (including phenoxy) is 1. The summed E-state index contributed by atoms with van der Waals surface area (Å²) in [6, 6.07) is 0.141. The minimum absolute atomic E-state index is 0.141. The van der Waals surface area contributed by atoms with E-state index in [1.54, 1.807) is 12.7 Å². The van der Waals surface area contributed by atoms with Crippen LogP contribution in [0, 0.1) is 0 Å². The van der Waals surface area contributed by atoms with Crippen molar-refractivity contribution in [3.63, 3.8) is 0 Å². The molecule has 0 aliphatic heterocycles. The highest BCUT2D eigenvalue weighted by Crippen LogP contribution is 2.24. The van der Waals surface area contributed by atoms with Crippen molar-refractivity contribution in [2.24, 2.45) is 0 Å². The molecule has 122 valence electrons. The first-order chi connectivity index (χ1) is 10.7. The van der Waals surface area contributed by atoms with Gasteiger partial charge in [-0.15, -0.1) is 0 Å². The fraction of sp³-hybridized carbons (Fsp3) is 0.625. The van der Waals surface area contributed by atoms with Gasteiger partial charge in [0.1, 0.15) is 12.0 Å². The number of nitrogen functional groups attached to an aromatic ring is 1. The Labute approximate surface area is 132 Å². The summed E-state index contributed by atoms with van der Waals surface area (Å²) in [6.45, 7) is 3.47. The summed E-state index contributed by atoms with van der Waals surface area (Å²) >= 11 is 0. The molecule has 1 aromatic heterocycles. The van der Waals surface area contributed by atoms with Crippen molar-refractivity contribution in [1.82, 2.24) is 9.97 Å². The van der Waals surface area contributed by atoms with Crippen molar-refractivity contribution >= 4 is 17.3 Å². The molecule has 0 aromatic carbocycles. The summed E-state index contributed by atoms with van der Waals surface area (Å²) in [4.78, 5) is 8.44. The Morgan fingerprint density at radius 1 is 1.32 bits per heavy atom. The van der Waals surface area contributed by atoms with Crippen molar-refractivity contribution in [2.45, 2.75) is 45.1 Å². The maximum absolute atomic E-state index is 6.14. The van der Waals surface area contributed by atoms with Gasteiger partial charge in [0.05, 0.1) is 6.61 Å². The molecule has 0 saturated carbocycles. The molecular formula is C16H27N5O. The van der Waals surface area contributed by atoms with Crippen LogP contribution in [-0.2, 0) is 4.74 Å². The fourth-order valence-corrected chi connectivity index (χ4v) is 2.65. The van der Waals surface area contributed by atoms with E-state index in [2.05, 4.69) is 26.7 Å². The molecule has 6 nitrogen and oxygen atoms in total. The predicted molar refractivity (Wildman–Crippen MR) is 91.1 cm³/mol. The topological polar surface area (TPSA) is 85.1 Å². The van der Waals surface area contributed by atoms with Crippen LogP contribution in [0.15, 0.2) is 18.0 Å². The van der Waals surface area contributed by atoms with Crippen LogP contribution in [0.2, 0.25) is 0 Å². The third kappa shape index (κ3) is 4.87. The lowest BCUT2D eigenvalue weighted by Crippen LogP contribution is -2.22. The second kappa shape index (κ2) is 8.58. The Bertz CT molecular complexity index is 503. The third-order valence-electron chi connectivity index (χ3n) is 3.81. The standard InChI is InChI=1S/C16H27N5O/c1-12(10-22-2)21-16-14(17)15(19-11-20-16)18-9-8-13-6-4-3-5-7-13/h6,11-12H,3-5,7-10,17H2,1-2H3,(H2,18,19,20,21). The molecule has 0 amide bonds. The predicted octanol–water partition coefficient (Wildman–Crippen LogP) is 2.81. The molecule has 0 spiro atoms. The van der Waals surface area contributed by atoms with Gasteiger partial charge < -0.3 is 21.1 Å². The molecule has 1 atom stereocenters. The van der Waals surface area contributed by atoms with Crippen molar-refractivity contribution in [2.75, 3.05) is 36.6 Å². The SMILES string of the molecule is COCC(C)Nc1ncnc(NCCC2=CCCCC2)c1N. The summed E-state index contributed by atoms with van der Waals surface area (Å²) in [6.07, 6.45) is 10.0. The summed E-state index contributed by atoms with van der Waals surface area (Å²) in [5, 5.41) is 6.56. The van der Waals surface area contributed by atoms with Gasteiger partial charge >= 0.3 is 0 Å². The first-order valence-electron chi connectivity index (χ1n) is 7.98. The van der Waals surface area contributed by atoms with Crippen LogP contribution in [0.4, 0.5) is 17.3 Å². The van der Waals surface area contributed by atoms with Crippen LogP contribution < -0.4 is 16.4 Å². The lowest BCUT2D eigenvalue weighted by molar-refractivity contribution is 0.190. The van der Waals surface area contributed by atoms with Crippen molar-refractivity contribution < 1.29 is 4.74 Å². The van der Waals surface area contributed by atoms with E-state index in [-0.39, 0.29) is 6.04 Å². The zero-order valence-corrected chi connectivity index (χ0v) is 13.6. The number of hydrogen-bond donors (Lipinski definition) is 3. The van der Waals surface area contributed by atoms with Gasteiger partial charge in [0.2, 0.25) is 0 Å². The van der Waals surface area contributed by atoms with E-state index < -0.39 is 0 Å².